The Kier molecular flexibility index (Phi) is 15.7. The molecule has 0 radical (unpaired) electrons. The molecule has 0 aliphatic carbocycles. The summed E-state index contributed by atoms with van der Waals surface area (Å²) < 4.78 is 5.25. The smallest absolute Gasteiger partial charge is 0.246 e. The van der Waals surface area contributed by atoms with Gasteiger partial charge in [0.1, 0.15) is 6.61 Å². The van der Waals surface area contributed by atoms with Gasteiger partial charge in [-0.3, -0.25) is 9.59 Å². The Balaban J connectivity index is 3.19. The first-order chi connectivity index (χ1) is 11.9. The quantitative estimate of drug-likeness (QED) is 0.413. The molecule has 0 rings (SSSR count). The van der Waals surface area contributed by atoms with Crippen molar-refractivity contribution in [2.75, 3.05) is 19.7 Å². The third-order valence-corrected chi connectivity index (χ3v) is 4.05. The van der Waals surface area contributed by atoms with E-state index < -0.39 is 0 Å². The summed E-state index contributed by atoms with van der Waals surface area (Å²) in [5, 5.41) is 5.85. The van der Waals surface area contributed by atoms with Gasteiger partial charge >= 0.3 is 0 Å². The predicted octanol–water partition coefficient (Wildman–Crippen LogP) is 3.81. The molecule has 0 fully saturated rings. The molecule has 148 valence electrons. The lowest BCUT2D eigenvalue weighted by Gasteiger charge is -2.08. The maximum absolute atomic E-state index is 11.4. The Bertz CT molecular complexity index is 344. The van der Waals surface area contributed by atoms with Crippen LogP contribution in [0, 0.1) is 5.92 Å². The second kappa shape index (κ2) is 16.4. The molecule has 0 unspecified atom stereocenters. The van der Waals surface area contributed by atoms with Crippen molar-refractivity contribution in [3.8, 4) is 0 Å². The van der Waals surface area contributed by atoms with Crippen LogP contribution in [0.3, 0.4) is 0 Å². The highest BCUT2D eigenvalue weighted by atomic mass is 16.5. The van der Waals surface area contributed by atoms with E-state index >= 15 is 0 Å². The van der Waals surface area contributed by atoms with Crippen LogP contribution in [0.25, 0.3) is 0 Å². The van der Waals surface area contributed by atoms with Crippen LogP contribution in [0.4, 0.5) is 0 Å². The topological polar surface area (TPSA) is 67.4 Å². The summed E-state index contributed by atoms with van der Waals surface area (Å²) in [4.78, 5) is 22.8. The van der Waals surface area contributed by atoms with E-state index in [-0.39, 0.29) is 30.4 Å². The van der Waals surface area contributed by atoms with Gasteiger partial charge in [0.05, 0.1) is 6.10 Å². The number of amides is 2. The lowest BCUT2D eigenvalue weighted by Crippen LogP contribution is -2.29. The summed E-state index contributed by atoms with van der Waals surface area (Å²) in [5.74, 6) is 0.226. The van der Waals surface area contributed by atoms with Crippen molar-refractivity contribution in [2.24, 2.45) is 5.92 Å². The average molecular weight is 357 g/mol. The zero-order valence-corrected chi connectivity index (χ0v) is 16.9. The molecule has 0 bridgehead atoms. The minimum absolute atomic E-state index is 0.0155. The van der Waals surface area contributed by atoms with Crippen LogP contribution in [0.1, 0.15) is 85.5 Å². The maximum atomic E-state index is 11.4. The van der Waals surface area contributed by atoms with E-state index in [0.717, 1.165) is 25.9 Å². The Labute approximate surface area is 154 Å². The van der Waals surface area contributed by atoms with Crippen LogP contribution in [0.15, 0.2) is 0 Å². The number of hydrogen-bond acceptors (Lipinski definition) is 3. The fourth-order valence-electron chi connectivity index (χ4n) is 2.42. The minimum Gasteiger partial charge on any atom is -0.369 e. The number of carbonyl (C=O) groups excluding carboxylic acids is 2. The molecule has 0 atom stereocenters. The molecule has 5 nitrogen and oxygen atoms in total. The number of rotatable bonds is 16. The van der Waals surface area contributed by atoms with E-state index in [1.807, 2.05) is 27.7 Å². The molecule has 0 saturated heterocycles. The molecule has 0 aliphatic heterocycles. The van der Waals surface area contributed by atoms with Gasteiger partial charge in [0.25, 0.3) is 0 Å². The summed E-state index contributed by atoms with van der Waals surface area (Å²) >= 11 is 0. The Morgan fingerprint density at radius 2 is 1.16 bits per heavy atom. The van der Waals surface area contributed by atoms with Crippen molar-refractivity contribution in [3.63, 3.8) is 0 Å². The van der Waals surface area contributed by atoms with Gasteiger partial charge in [-0.15, -0.1) is 0 Å². The normalized spacial score (nSPS) is 11.1. The minimum atomic E-state index is -0.0155. The van der Waals surface area contributed by atoms with Crippen LogP contribution in [-0.2, 0) is 14.3 Å². The molecular weight excluding hydrogens is 316 g/mol. The molecular formula is C20H40N2O3. The molecule has 5 heteroatoms. The summed E-state index contributed by atoms with van der Waals surface area (Å²) in [5.41, 5.74) is 0. The van der Waals surface area contributed by atoms with E-state index in [4.69, 9.17) is 4.74 Å². The van der Waals surface area contributed by atoms with Gasteiger partial charge in [-0.25, -0.2) is 0 Å². The third kappa shape index (κ3) is 17.5. The molecule has 0 aromatic carbocycles. The average Bonchev–Trinajstić information content (AvgIpc) is 2.56. The van der Waals surface area contributed by atoms with Crippen LogP contribution in [0.5, 0.6) is 0 Å². The largest absolute Gasteiger partial charge is 0.369 e. The molecule has 0 heterocycles. The molecule has 0 aromatic rings. The molecule has 0 saturated carbocycles. The van der Waals surface area contributed by atoms with Crippen LogP contribution in [-0.4, -0.2) is 37.6 Å². The summed E-state index contributed by atoms with van der Waals surface area (Å²) in [6.07, 6.45) is 10.9. The zero-order valence-electron chi connectivity index (χ0n) is 16.9. The highest BCUT2D eigenvalue weighted by molar-refractivity contribution is 5.77. The van der Waals surface area contributed by atoms with Gasteiger partial charge < -0.3 is 15.4 Å². The lowest BCUT2D eigenvalue weighted by molar-refractivity contribution is -0.127. The zero-order chi connectivity index (χ0) is 18.9. The summed E-state index contributed by atoms with van der Waals surface area (Å²) in [7, 11) is 0. The maximum Gasteiger partial charge on any atom is 0.246 e. The first kappa shape index (κ1) is 23.9. The number of hydrogen-bond donors (Lipinski definition) is 2. The molecule has 0 aromatic heterocycles. The van der Waals surface area contributed by atoms with Gasteiger partial charge in [-0.1, -0.05) is 58.8 Å². The number of unbranched alkanes of at least 4 members (excludes halogenated alkanes) is 8. The second-order valence-corrected chi connectivity index (χ2v) is 7.34. The molecule has 0 aliphatic rings. The Hall–Kier alpha value is -1.10. The molecule has 2 amide bonds. The van der Waals surface area contributed by atoms with Crippen LogP contribution in [0.2, 0.25) is 0 Å². The van der Waals surface area contributed by atoms with Gasteiger partial charge in [-0.2, -0.15) is 0 Å². The molecule has 25 heavy (non-hydrogen) atoms. The van der Waals surface area contributed by atoms with E-state index in [1.54, 1.807) is 0 Å². The first-order valence-corrected chi connectivity index (χ1v) is 10.1. The van der Waals surface area contributed by atoms with E-state index in [1.165, 1.54) is 44.9 Å². The standard InChI is InChI=1S/C20H40N2O3/c1-17(2)20(24)22-15-13-11-9-7-5-6-8-10-12-14-21-19(23)16-25-18(3)4/h17-18H,5-16H2,1-4H3,(H,21,23)(H,22,24). The fourth-order valence-corrected chi connectivity index (χ4v) is 2.42. The summed E-state index contributed by atoms with van der Waals surface area (Å²) in [6.45, 7) is 9.43. The van der Waals surface area contributed by atoms with Crippen LogP contribution >= 0.6 is 0 Å². The van der Waals surface area contributed by atoms with Gasteiger partial charge in [-0.05, 0) is 26.7 Å². The molecule has 2 N–H and O–H groups in total. The highest BCUT2D eigenvalue weighted by Crippen LogP contribution is 2.09. The first-order valence-electron chi connectivity index (χ1n) is 10.1. The van der Waals surface area contributed by atoms with Crippen LogP contribution < -0.4 is 10.6 Å². The highest BCUT2D eigenvalue weighted by Gasteiger charge is 2.04. The third-order valence-electron chi connectivity index (χ3n) is 4.05. The number of nitrogens with one attached hydrogen (secondary N) is 2. The van der Waals surface area contributed by atoms with Crippen molar-refractivity contribution >= 4 is 11.8 Å². The Morgan fingerprint density at radius 1 is 0.720 bits per heavy atom. The monoisotopic (exact) mass is 356 g/mol. The number of ether oxygens (including phenoxy) is 1. The van der Waals surface area contributed by atoms with Gasteiger partial charge in [0.15, 0.2) is 0 Å². The van der Waals surface area contributed by atoms with E-state index in [2.05, 4.69) is 10.6 Å². The lowest BCUT2D eigenvalue weighted by atomic mass is 10.1. The van der Waals surface area contributed by atoms with E-state index in [9.17, 15) is 9.59 Å². The van der Waals surface area contributed by atoms with Crippen molar-refractivity contribution < 1.29 is 14.3 Å². The second-order valence-electron chi connectivity index (χ2n) is 7.34. The molecule has 0 spiro atoms. The predicted molar refractivity (Wildman–Crippen MR) is 103 cm³/mol. The van der Waals surface area contributed by atoms with Crippen molar-refractivity contribution in [2.45, 2.75) is 91.6 Å². The summed E-state index contributed by atoms with van der Waals surface area (Å²) in [6, 6.07) is 0. The van der Waals surface area contributed by atoms with Crippen molar-refractivity contribution in [1.29, 1.82) is 0 Å². The van der Waals surface area contributed by atoms with E-state index in [0.29, 0.717) is 0 Å². The fraction of sp³-hybridized carbons (Fsp3) is 0.900. The number of carbonyl (C=O) groups is 2. The van der Waals surface area contributed by atoms with Crippen molar-refractivity contribution in [3.05, 3.63) is 0 Å². The van der Waals surface area contributed by atoms with Gasteiger partial charge in [0, 0.05) is 19.0 Å². The SMILES string of the molecule is CC(C)OCC(=O)NCCCCCCCCCCCNC(=O)C(C)C. The van der Waals surface area contributed by atoms with Crippen molar-refractivity contribution in [1.82, 2.24) is 10.6 Å². The van der Waals surface area contributed by atoms with Gasteiger partial charge in [0.2, 0.25) is 11.8 Å². The Morgan fingerprint density at radius 3 is 1.60 bits per heavy atom.